The first-order chi connectivity index (χ1) is 11.8. The number of nitrogen functional groups attached to an aromatic ring is 1. The van der Waals surface area contributed by atoms with Crippen molar-refractivity contribution in [3.63, 3.8) is 0 Å². The van der Waals surface area contributed by atoms with Crippen molar-refractivity contribution in [2.24, 2.45) is 0 Å². The van der Waals surface area contributed by atoms with Gasteiger partial charge in [-0.1, -0.05) is 56.8 Å². The lowest BCUT2D eigenvalue weighted by molar-refractivity contribution is 0.470. The topological polar surface area (TPSA) is 95.7 Å². The van der Waals surface area contributed by atoms with E-state index in [-0.39, 0.29) is 10.7 Å². The minimum atomic E-state index is -0.0659. The van der Waals surface area contributed by atoms with Crippen molar-refractivity contribution in [2.45, 2.75) is 50.4 Å². The van der Waals surface area contributed by atoms with Crippen molar-refractivity contribution in [1.82, 2.24) is 25.1 Å². The molecule has 0 saturated heterocycles. The molecule has 0 saturated carbocycles. The van der Waals surface area contributed by atoms with Crippen LogP contribution in [0.5, 0.6) is 0 Å². The fraction of sp³-hybridized carbons (Fsp3) is 0.412. The Hall–Kier alpha value is -2.35. The summed E-state index contributed by atoms with van der Waals surface area (Å²) in [7, 11) is 0. The van der Waals surface area contributed by atoms with Gasteiger partial charge in [-0.2, -0.15) is 0 Å². The van der Waals surface area contributed by atoms with Crippen LogP contribution in [0, 0.1) is 6.92 Å². The number of nitrogens with zero attached hydrogens (tertiary/aromatic N) is 5. The monoisotopic (exact) mass is 358 g/mol. The van der Waals surface area contributed by atoms with Gasteiger partial charge >= 0.3 is 0 Å². The highest BCUT2D eigenvalue weighted by atomic mass is 32.2. The van der Waals surface area contributed by atoms with E-state index in [1.807, 2.05) is 19.1 Å². The summed E-state index contributed by atoms with van der Waals surface area (Å²) in [5, 5.41) is 16.8. The van der Waals surface area contributed by atoms with Gasteiger partial charge in [-0.15, -0.1) is 20.4 Å². The van der Waals surface area contributed by atoms with Crippen molar-refractivity contribution in [3.8, 4) is 11.4 Å². The average Bonchev–Trinajstić information content (AvgIpc) is 3.14. The number of hydrogen-bond donors (Lipinski definition) is 1. The molecule has 0 spiro atoms. The van der Waals surface area contributed by atoms with Gasteiger partial charge in [0, 0.05) is 12.5 Å². The van der Waals surface area contributed by atoms with Gasteiger partial charge in [-0.25, -0.2) is 4.68 Å². The van der Waals surface area contributed by atoms with Crippen LogP contribution in [0.25, 0.3) is 11.4 Å². The number of aromatic nitrogens is 5. The average molecular weight is 358 g/mol. The van der Waals surface area contributed by atoms with Crippen molar-refractivity contribution in [2.75, 3.05) is 5.84 Å². The van der Waals surface area contributed by atoms with Gasteiger partial charge in [-0.05, 0) is 17.9 Å². The van der Waals surface area contributed by atoms with E-state index >= 15 is 0 Å². The number of hydrogen-bond acceptors (Lipinski definition) is 7. The molecule has 2 aromatic heterocycles. The molecule has 7 nitrogen and oxygen atoms in total. The fourth-order valence-electron chi connectivity index (χ4n) is 2.36. The number of rotatable bonds is 4. The van der Waals surface area contributed by atoms with E-state index in [1.54, 1.807) is 6.92 Å². The summed E-state index contributed by atoms with van der Waals surface area (Å²) in [6, 6.07) is 8.24. The Morgan fingerprint density at radius 1 is 1.08 bits per heavy atom. The number of nitrogens with two attached hydrogens (primary N) is 1. The zero-order valence-electron chi connectivity index (χ0n) is 15.0. The summed E-state index contributed by atoms with van der Waals surface area (Å²) in [6.07, 6.45) is 0. The Kier molecular flexibility index (Phi) is 4.55. The quantitative estimate of drug-likeness (QED) is 0.563. The Labute approximate surface area is 151 Å². The van der Waals surface area contributed by atoms with Crippen LogP contribution in [-0.4, -0.2) is 25.1 Å². The Bertz CT molecular complexity index is 862. The molecule has 2 N–H and O–H groups in total. The van der Waals surface area contributed by atoms with Crippen LogP contribution in [0.15, 0.2) is 33.8 Å². The second-order valence-electron chi connectivity index (χ2n) is 6.92. The predicted octanol–water partition coefficient (Wildman–Crippen LogP) is 3.50. The van der Waals surface area contributed by atoms with E-state index in [1.165, 1.54) is 22.0 Å². The van der Waals surface area contributed by atoms with Gasteiger partial charge < -0.3 is 10.3 Å². The van der Waals surface area contributed by atoms with Crippen molar-refractivity contribution < 1.29 is 4.42 Å². The molecule has 0 aliphatic heterocycles. The number of thioether (sulfide) groups is 1. The maximum absolute atomic E-state index is 6.19. The maximum atomic E-state index is 6.19. The van der Waals surface area contributed by atoms with Gasteiger partial charge in [0.25, 0.3) is 0 Å². The molecule has 1 aromatic carbocycles. The third-order valence-electron chi connectivity index (χ3n) is 3.85. The van der Waals surface area contributed by atoms with Crippen LogP contribution in [-0.2, 0) is 5.41 Å². The van der Waals surface area contributed by atoms with Gasteiger partial charge in [-0.3, -0.25) is 0 Å². The van der Waals surface area contributed by atoms with Crippen LogP contribution in [0.1, 0.15) is 50.3 Å². The maximum Gasteiger partial charge on any atom is 0.229 e. The van der Waals surface area contributed by atoms with E-state index < -0.39 is 0 Å². The lowest BCUT2D eigenvalue weighted by Crippen LogP contribution is -2.13. The van der Waals surface area contributed by atoms with Crippen LogP contribution >= 0.6 is 11.8 Å². The first-order valence-corrected chi connectivity index (χ1v) is 8.91. The molecule has 25 heavy (non-hydrogen) atoms. The van der Waals surface area contributed by atoms with Crippen LogP contribution < -0.4 is 5.84 Å². The largest absolute Gasteiger partial charge is 0.424 e. The van der Waals surface area contributed by atoms with E-state index in [0.29, 0.717) is 22.8 Å². The van der Waals surface area contributed by atoms with Gasteiger partial charge in [0.15, 0.2) is 5.82 Å². The van der Waals surface area contributed by atoms with E-state index in [2.05, 4.69) is 53.3 Å². The summed E-state index contributed by atoms with van der Waals surface area (Å²) < 4.78 is 6.95. The third-order valence-corrected chi connectivity index (χ3v) is 4.89. The predicted molar refractivity (Wildman–Crippen MR) is 97.6 cm³/mol. The third kappa shape index (κ3) is 3.68. The zero-order chi connectivity index (χ0) is 18.2. The second-order valence-corrected chi connectivity index (χ2v) is 8.23. The second kappa shape index (κ2) is 6.51. The molecule has 0 fully saturated rings. The molecule has 1 unspecified atom stereocenters. The van der Waals surface area contributed by atoms with E-state index in [4.69, 9.17) is 10.3 Å². The molecule has 8 heteroatoms. The first kappa shape index (κ1) is 17.5. The highest BCUT2D eigenvalue weighted by Gasteiger charge is 2.20. The highest BCUT2D eigenvalue weighted by Crippen LogP contribution is 2.34. The molecule has 0 aliphatic rings. The molecular weight excluding hydrogens is 336 g/mol. The normalized spacial score (nSPS) is 13.2. The number of benzene rings is 1. The molecule has 0 amide bonds. The van der Waals surface area contributed by atoms with Crippen molar-refractivity contribution in [1.29, 1.82) is 0 Å². The van der Waals surface area contributed by atoms with Gasteiger partial charge in [0.05, 0.1) is 5.25 Å². The Morgan fingerprint density at radius 3 is 2.32 bits per heavy atom. The van der Waals surface area contributed by atoms with Crippen LogP contribution in [0.2, 0.25) is 0 Å². The van der Waals surface area contributed by atoms with E-state index in [0.717, 1.165) is 5.56 Å². The number of aryl methyl sites for hydroxylation is 1. The SMILES string of the molecule is Cc1nnc(C(C)Sc2nnc(-c3ccc(C(C)(C)C)cc3)n2N)o1. The molecule has 2 heterocycles. The summed E-state index contributed by atoms with van der Waals surface area (Å²) >= 11 is 1.43. The first-order valence-electron chi connectivity index (χ1n) is 8.04. The molecular formula is C17H22N6OS. The summed E-state index contributed by atoms with van der Waals surface area (Å²) in [5.74, 6) is 7.90. The molecule has 0 aliphatic carbocycles. The summed E-state index contributed by atoms with van der Waals surface area (Å²) in [4.78, 5) is 0. The molecule has 0 radical (unpaired) electrons. The molecule has 0 bridgehead atoms. The van der Waals surface area contributed by atoms with Crippen LogP contribution in [0.4, 0.5) is 0 Å². The fourth-order valence-corrected chi connectivity index (χ4v) is 3.16. The molecule has 3 rings (SSSR count). The lowest BCUT2D eigenvalue weighted by Gasteiger charge is -2.19. The smallest absolute Gasteiger partial charge is 0.229 e. The highest BCUT2D eigenvalue weighted by molar-refractivity contribution is 7.99. The van der Waals surface area contributed by atoms with Gasteiger partial charge in [0.1, 0.15) is 0 Å². The molecule has 3 aromatic rings. The lowest BCUT2D eigenvalue weighted by atomic mass is 9.87. The van der Waals surface area contributed by atoms with Gasteiger partial charge in [0.2, 0.25) is 16.9 Å². The Morgan fingerprint density at radius 2 is 1.76 bits per heavy atom. The summed E-state index contributed by atoms with van der Waals surface area (Å²) in [6.45, 7) is 10.3. The Balaban J connectivity index is 1.81. The minimum Gasteiger partial charge on any atom is -0.424 e. The standard InChI is InChI=1S/C17H22N6OS/c1-10(15-21-19-11(2)24-15)25-16-22-20-14(23(16)18)12-6-8-13(9-7-12)17(3,4)5/h6-10H,18H2,1-5H3. The van der Waals surface area contributed by atoms with Crippen molar-refractivity contribution >= 4 is 11.8 Å². The van der Waals surface area contributed by atoms with Crippen molar-refractivity contribution in [3.05, 3.63) is 41.6 Å². The van der Waals surface area contributed by atoms with Crippen LogP contribution in [0.3, 0.4) is 0 Å². The molecule has 1 atom stereocenters. The zero-order valence-corrected chi connectivity index (χ0v) is 15.8. The minimum absolute atomic E-state index is 0.0659. The summed E-state index contributed by atoms with van der Waals surface area (Å²) in [5.41, 5.74) is 2.29. The van der Waals surface area contributed by atoms with E-state index in [9.17, 15) is 0 Å². The molecule has 132 valence electrons.